The fourth-order valence-corrected chi connectivity index (χ4v) is 3.89. The van der Waals surface area contributed by atoms with Crippen LogP contribution in [0.2, 0.25) is 0 Å². The van der Waals surface area contributed by atoms with Crippen molar-refractivity contribution >= 4 is 34.4 Å². The second-order valence-corrected chi connectivity index (χ2v) is 8.98. The highest BCUT2D eigenvalue weighted by atomic mass is 16.6. The summed E-state index contributed by atoms with van der Waals surface area (Å²) in [5.74, 6) is 1.44. The average Bonchev–Trinajstić information content (AvgIpc) is 3.33. The van der Waals surface area contributed by atoms with Crippen molar-refractivity contribution in [3.8, 4) is 17.0 Å². The lowest BCUT2D eigenvalue weighted by atomic mass is 10.1. The third kappa shape index (κ3) is 6.16. The maximum atomic E-state index is 11.9. The van der Waals surface area contributed by atoms with E-state index in [1.807, 2.05) is 74.5 Å². The van der Waals surface area contributed by atoms with Crippen molar-refractivity contribution < 1.29 is 9.66 Å². The maximum Gasteiger partial charge on any atom is 0.294 e. The molecule has 2 aromatic heterocycles. The predicted molar refractivity (Wildman–Crippen MR) is 149 cm³/mol. The number of ether oxygens (including phenoxy) is 1. The van der Waals surface area contributed by atoms with Crippen molar-refractivity contribution in [1.82, 2.24) is 24.6 Å². The molecule has 198 valence electrons. The molecule has 4 rings (SSSR count). The molecule has 0 bridgehead atoms. The smallest absolute Gasteiger partial charge is 0.294 e. The molecule has 12 nitrogen and oxygen atoms in total. The van der Waals surface area contributed by atoms with Crippen LogP contribution < -0.4 is 20.3 Å². The largest absolute Gasteiger partial charge is 0.494 e. The highest BCUT2D eigenvalue weighted by Gasteiger charge is 2.22. The molecule has 0 spiro atoms. The Morgan fingerprint density at radius 3 is 2.34 bits per heavy atom. The molecule has 0 aliphatic heterocycles. The fraction of sp³-hybridized carbons (Fsp3) is 0.269. The lowest BCUT2D eigenvalue weighted by Gasteiger charge is -2.23. The molecule has 0 fully saturated rings. The van der Waals surface area contributed by atoms with Crippen LogP contribution in [-0.2, 0) is 7.05 Å². The number of methoxy groups -OCH3 is 1. The lowest BCUT2D eigenvalue weighted by molar-refractivity contribution is -0.384. The van der Waals surface area contributed by atoms with Gasteiger partial charge in [-0.3, -0.25) is 14.8 Å². The number of hydrogen-bond acceptors (Lipinski definition) is 10. The first kappa shape index (κ1) is 26.4. The number of aryl methyl sites for hydroxylation is 1. The Morgan fingerprint density at radius 2 is 1.71 bits per heavy atom. The van der Waals surface area contributed by atoms with Crippen molar-refractivity contribution in [2.24, 2.45) is 7.05 Å². The molecule has 0 aliphatic carbocycles. The van der Waals surface area contributed by atoms with Crippen LogP contribution >= 0.6 is 0 Å². The lowest BCUT2D eigenvalue weighted by Crippen LogP contribution is -2.28. The van der Waals surface area contributed by atoms with E-state index in [2.05, 4.69) is 25.7 Å². The predicted octanol–water partition coefficient (Wildman–Crippen LogP) is 4.28. The molecular weight excluding hydrogens is 486 g/mol. The van der Waals surface area contributed by atoms with E-state index in [4.69, 9.17) is 4.74 Å². The highest BCUT2D eigenvalue weighted by Crippen LogP contribution is 2.39. The fourth-order valence-electron chi connectivity index (χ4n) is 3.89. The third-order valence-electron chi connectivity index (χ3n) is 5.90. The number of nitro benzene ring substituents is 1. The van der Waals surface area contributed by atoms with Crippen molar-refractivity contribution in [2.45, 2.75) is 0 Å². The SMILES string of the molecule is COc1cc(N(C)CCN(C)C)c([N+](=O)[O-])cc1Nc1cc(Nc2ccccc2-c2ccn(C)n2)ncn1. The van der Waals surface area contributed by atoms with Gasteiger partial charge in [0, 0.05) is 62.8 Å². The van der Waals surface area contributed by atoms with Gasteiger partial charge in [0.1, 0.15) is 29.4 Å². The molecule has 0 unspecified atom stereocenters. The van der Waals surface area contributed by atoms with Crippen LogP contribution in [0, 0.1) is 10.1 Å². The van der Waals surface area contributed by atoms with Crippen LogP contribution in [-0.4, -0.2) is 70.9 Å². The van der Waals surface area contributed by atoms with Crippen LogP contribution in [0.25, 0.3) is 11.3 Å². The Hall–Kier alpha value is -4.71. The minimum absolute atomic E-state index is 0.0359. The zero-order chi connectivity index (χ0) is 27.2. The van der Waals surface area contributed by atoms with E-state index in [1.54, 1.807) is 16.8 Å². The number of rotatable bonds is 11. The summed E-state index contributed by atoms with van der Waals surface area (Å²) in [6, 6.07) is 14.6. The molecule has 0 amide bonds. The van der Waals surface area contributed by atoms with Gasteiger partial charge in [0.05, 0.1) is 23.4 Å². The molecular formula is C26H31N9O3. The monoisotopic (exact) mass is 517 g/mol. The van der Waals surface area contributed by atoms with Gasteiger partial charge in [-0.1, -0.05) is 18.2 Å². The summed E-state index contributed by atoms with van der Waals surface area (Å²) in [5.41, 5.74) is 3.43. The van der Waals surface area contributed by atoms with Crippen LogP contribution in [0.4, 0.5) is 34.4 Å². The van der Waals surface area contributed by atoms with Gasteiger partial charge >= 0.3 is 0 Å². The summed E-state index contributed by atoms with van der Waals surface area (Å²) in [7, 11) is 9.13. The molecule has 0 saturated heterocycles. The van der Waals surface area contributed by atoms with E-state index >= 15 is 0 Å². The van der Waals surface area contributed by atoms with Crippen LogP contribution in [0.1, 0.15) is 0 Å². The first-order valence-corrected chi connectivity index (χ1v) is 11.9. The second kappa shape index (κ2) is 11.6. The Balaban J connectivity index is 1.61. The molecule has 0 saturated carbocycles. The standard InChI is InChI=1S/C26H31N9O3/c1-32(2)12-13-33(3)22-15-24(38-5)21(14-23(22)35(36)37)30-26-16-25(27-17-28-26)29-19-9-7-6-8-18(19)20-10-11-34(4)31-20/h6-11,14-17H,12-13H2,1-5H3,(H2,27,28,29,30). The number of para-hydroxylation sites is 1. The van der Waals surface area contributed by atoms with E-state index in [0.29, 0.717) is 35.3 Å². The Morgan fingerprint density at radius 1 is 1.00 bits per heavy atom. The molecule has 38 heavy (non-hydrogen) atoms. The summed E-state index contributed by atoms with van der Waals surface area (Å²) in [4.78, 5) is 24.0. The summed E-state index contributed by atoms with van der Waals surface area (Å²) >= 11 is 0. The van der Waals surface area contributed by atoms with Gasteiger partial charge in [0.15, 0.2) is 0 Å². The van der Waals surface area contributed by atoms with Crippen LogP contribution in [0.5, 0.6) is 5.75 Å². The normalized spacial score (nSPS) is 10.9. The topological polar surface area (TPSA) is 127 Å². The number of likely N-dealkylation sites (N-methyl/N-ethyl adjacent to an activating group) is 2. The first-order valence-electron chi connectivity index (χ1n) is 11.9. The zero-order valence-electron chi connectivity index (χ0n) is 22.0. The van der Waals surface area contributed by atoms with E-state index < -0.39 is 4.92 Å². The second-order valence-electron chi connectivity index (χ2n) is 8.98. The molecule has 0 aliphatic rings. The van der Waals surface area contributed by atoms with Crippen molar-refractivity contribution in [3.05, 3.63) is 71.2 Å². The molecule has 12 heteroatoms. The van der Waals surface area contributed by atoms with Gasteiger partial charge < -0.3 is 25.2 Å². The highest BCUT2D eigenvalue weighted by molar-refractivity contribution is 5.80. The number of anilines is 5. The number of hydrogen-bond donors (Lipinski definition) is 2. The number of nitrogens with zero attached hydrogens (tertiary/aromatic N) is 7. The summed E-state index contributed by atoms with van der Waals surface area (Å²) in [5, 5.41) is 22.9. The Kier molecular flexibility index (Phi) is 8.02. The summed E-state index contributed by atoms with van der Waals surface area (Å²) in [6.07, 6.45) is 3.30. The quantitative estimate of drug-likeness (QED) is 0.220. The average molecular weight is 518 g/mol. The Labute approximate surface area is 221 Å². The summed E-state index contributed by atoms with van der Waals surface area (Å²) < 4.78 is 7.32. The van der Waals surface area contributed by atoms with Gasteiger partial charge in [-0.15, -0.1) is 0 Å². The molecule has 2 aromatic carbocycles. The van der Waals surface area contributed by atoms with Gasteiger partial charge in [0.2, 0.25) is 0 Å². The van der Waals surface area contributed by atoms with Gasteiger partial charge in [-0.2, -0.15) is 5.10 Å². The molecule has 2 heterocycles. The van der Waals surface area contributed by atoms with E-state index in [0.717, 1.165) is 23.5 Å². The minimum atomic E-state index is -0.395. The van der Waals surface area contributed by atoms with Gasteiger partial charge in [-0.25, -0.2) is 9.97 Å². The number of nitro groups is 1. The number of aromatic nitrogens is 4. The zero-order valence-corrected chi connectivity index (χ0v) is 22.0. The van der Waals surface area contributed by atoms with Gasteiger partial charge in [0.25, 0.3) is 5.69 Å². The van der Waals surface area contributed by atoms with Crippen LogP contribution in [0.3, 0.4) is 0 Å². The molecule has 4 aromatic rings. The van der Waals surface area contributed by atoms with E-state index in [1.165, 1.54) is 19.5 Å². The number of nitrogens with one attached hydrogen (secondary N) is 2. The van der Waals surface area contributed by atoms with Crippen molar-refractivity contribution in [1.29, 1.82) is 0 Å². The van der Waals surface area contributed by atoms with E-state index in [-0.39, 0.29) is 5.69 Å². The minimum Gasteiger partial charge on any atom is -0.494 e. The van der Waals surface area contributed by atoms with Gasteiger partial charge in [-0.05, 0) is 26.2 Å². The summed E-state index contributed by atoms with van der Waals surface area (Å²) in [6.45, 7) is 1.36. The number of benzene rings is 2. The van der Waals surface area contributed by atoms with Crippen LogP contribution in [0.15, 0.2) is 61.1 Å². The van der Waals surface area contributed by atoms with Crippen molar-refractivity contribution in [3.63, 3.8) is 0 Å². The Bertz CT molecular complexity index is 1420. The third-order valence-corrected chi connectivity index (χ3v) is 5.90. The molecule has 0 atom stereocenters. The van der Waals surface area contributed by atoms with Crippen molar-refractivity contribution in [2.75, 3.05) is 56.9 Å². The first-order chi connectivity index (χ1) is 18.2. The molecule has 0 radical (unpaired) electrons. The molecule has 2 N–H and O–H groups in total. The van der Waals surface area contributed by atoms with E-state index in [9.17, 15) is 10.1 Å². The maximum absolute atomic E-state index is 11.9.